The van der Waals surface area contributed by atoms with E-state index in [0.717, 1.165) is 18.2 Å². The van der Waals surface area contributed by atoms with Crippen molar-refractivity contribution in [2.45, 2.75) is 38.1 Å². The first-order chi connectivity index (χ1) is 15.6. The van der Waals surface area contributed by atoms with E-state index < -0.39 is 39.2 Å². The molecule has 7 nitrogen and oxygen atoms in total. The summed E-state index contributed by atoms with van der Waals surface area (Å²) in [7, 11) is -3.79. The topological polar surface area (TPSA) is 99.3 Å². The lowest BCUT2D eigenvalue weighted by Crippen LogP contribution is -2.35. The highest BCUT2D eigenvalue weighted by molar-refractivity contribution is 7.89. The number of nitrogens with zero attached hydrogens (tertiary/aromatic N) is 1. The molecular weight excluding hydrogens is 452 g/mol. The van der Waals surface area contributed by atoms with Crippen LogP contribution in [0, 0.1) is 11.6 Å². The minimum atomic E-state index is -3.79. The lowest BCUT2D eigenvalue weighted by atomic mass is 10.0. The zero-order valence-electron chi connectivity index (χ0n) is 18.5. The third-order valence-electron chi connectivity index (χ3n) is 5.35. The molecule has 2 aromatic carbocycles. The first-order valence-corrected chi connectivity index (χ1v) is 11.9. The van der Waals surface area contributed by atoms with Crippen LogP contribution in [-0.2, 0) is 16.4 Å². The highest BCUT2D eigenvalue weighted by Gasteiger charge is 2.23. The smallest absolute Gasteiger partial charge is 0.252 e. The number of amides is 1. The number of hydrogen-bond acceptors (Lipinski definition) is 4. The summed E-state index contributed by atoms with van der Waals surface area (Å²) in [6, 6.07) is 8.07. The Morgan fingerprint density at radius 1 is 1.09 bits per heavy atom. The van der Waals surface area contributed by atoms with Gasteiger partial charge in [-0.05, 0) is 43.7 Å². The van der Waals surface area contributed by atoms with Crippen LogP contribution < -0.4 is 10.9 Å². The Morgan fingerprint density at radius 2 is 1.73 bits per heavy atom. The molecule has 0 spiro atoms. The normalized spacial score (nSPS) is 12.8. The fourth-order valence-electron chi connectivity index (χ4n) is 3.68. The molecule has 0 fully saturated rings. The van der Waals surface area contributed by atoms with Gasteiger partial charge in [0, 0.05) is 41.7 Å². The van der Waals surface area contributed by atoms with E-state index in [2.05, 4.69) is 10.3 Å². The van der Waals surface area contributed by atoms with Gasteiger partial charge in [-0.1, -0.05) is 19.9 Å². The van der Waals surface area contributed by atoms with E-state index in [-0.39, 0.29) is 40.9 Å². The predicted octanol–water partition coefficient (Wildman–Crippen LogP) is 3.20. The van der Waals surface area contributed by atoms with Crippen molar-refractivity contribution in [2.24, 2.45) is 0 Å². The molecule has 0 radical (unpaired) electrons. The maximum absolute atomic E-state index is 14.0. The third-order valence-corrected chi connectivity index (χ3v) is 7.40. The van der Waals surface area contributed by atoms with E-state index in [4.69, 9.17) is 0 Å². The van der Waals surface area contributed by atoms with Crippen LogP contribution in [0.2, 0.25) is 0 Å². The number of H-pyrrole nitrogens is 1. The van der Waals surface area contributed by atoms with Crippen molar-refractivity contribution in [3.05, 3.63) is 75.6 Å². The Bertz CT molecular complexity index is 1330. The predicted molar refractivity (Wildman–Crippen MR) is 122 cm³/mol. The summed E-state index contributed by atoms with van der Waals surface area (Å²) in [6.45, 7) is 5.58. The number of fused-ring (bicyclic) bond motifs is 1. The molecule has 33 heavy (non-hydrogen) atoms. The molecule has 1 atom stereocenters. The number of hydrogen-bond donors (Lipinski definition) is 2. The van der Waals surface area contributed by atoms with Gasteiger partial charge in [0.1, 0.15) is 11.6 Å². The highest BCUT2D eigenvalue weighted by Crippen LogP contribution is 2.23. The minimum Gasteiger partial charge on any atom is -0.349 e. The van der Waals surface area contributed by atoms with E-state index in [1.165, 1.54) is 28.6 Å². The average molecular weight is 478 g/mol. The highest BCUT2D eigenvalue weighted by atomic mass is 32.2. The summed E-state index contributed by atoms with van der Waals surface area (Å²) in [5, 5.41) is 2.88. The molecule has 3 aromatic rings. The Kier molecular flexibility index (Phi) is 7.28. The second-order valence-electron chi connectivity index (χ2n) is 7.62. The standard InChI is InChI=1S/C23H25F2N3O4S/c1-4-28(5-2)33(31,32)15-9-10-21-16(12-15)17(13-22(29)27-21)23(30)26-14(3)11-18-19(24)7-6-8-20(18)25/h6-10,12-14H,4-5,11H2,1-3H3,(H,26,30)(H,27,29). The van der Waals surface area contributed by atoms with Crippen LogP contribution in [0.25, 0.3) is 10.9 Å². The second-order valence-corrected chi connectivity index (χ2v) is 9.56. The van der Waals surface area contributed by atoms with Gasteiger partial charge in [0.25, 0.3) is 5.91 Å². The average Bonchev–Trinajstić information content (AvgIpc) is 2.76. The molecule has 0 saturated heterocycles. The van der Waals surface area contributed by atoms with Crippen molar-refractivity contribution in [1.29, 1.82) is 0 Å². The van der Waals surface area contributed by atoms with Crippen molar-refractivity contribution in [3.8, 4) is 0 Å². The van der Waals surface area contributed by atoms with Crippen molar-refractivity contribution in [2.75, 3.05) is 13.1 Å². The Labute approximate surface area is 190 Å². The van der Waals surface area contributed by atoms with E-state index in [9.17, 15) is 26.8 Å². The van der Waals surface area contributed by atoms with Crippen LogP contribution in [0.3, 0.4) is 0 Å². The van der Waals surface area contributed by atoms with Crippen molar-refractivity contribution in [1.82, 2.24) is 14.6 Å². The van der Waals surface area contributed by atoms with Crippen LogP contribution in [0.5, 0.6) is 0 Å². The lowest BCUT2D eigenvalue weighted by Gasteiger charge is -2.19. The zero-order valence-corrected chi connectivity index (χ0v) is 19.3. The number of pyridine rings is 1. The number of aromatic amines is 1. The molecule has 10 heteroatoms. The van der Waals surface area contributed by atoms with Gasteiger partial charge in [-0.3, -0.25) is 9.59 Å². The third kappa shape index (κ3) is 5.12. The molecule has 1 unspecified atom stereocenters. The number of aromatic nitrogens is 1. The van der Waals surface area contributed by atoms with Crippen LogP contribution in [0.4, 0.5) is 8.78 Å². The van der Waals surface area contributed by atoms with Gasteiger partial charge < -0.3 is 10.3 Å². The van der Waals surface area contributed by atoms with Crippen molar-refractivity contribution in [3.63, 3.8) is 0 Å². The van der Waals surface area contributed by atoms with Crippen molar-refractivity contribution >= 4 is 26.8 Å². The van der Waals surface area contributed by atoms with Crippen LogP contribution in [0.1, 0.15) is 36.7 Å². The van der Waals surface area contributed by atoms with Crippen molar-refractivity contribution < 1.29 is 22.0 Å². The van der Waals surface area contributed by atoms with Gasteiger partial charge in [-0.2, -0.15) is 4.31 Å². The number of halogens is 2. The number of carbonyl (C=O) groups excluding carboxylic acids is 1. The molecule has 1 aromatic heterocycles. The van der Waals surface area contributed by atoms with E-state index in [1.807, 2.05) is 0 Å². The van der Waals surface area contributed by atoms with Gasteiger partial charge in [0.05, 0.1) is 10.5 Å². The van der Waals surface area contributed by atoms with Gasteiger partial charge in [-0.25, -0.2) is 17.2 Å². The van der Waals surface area contributed by atoms with Gasteiger partial charge in [-0.15, -0.1) is 0 Å². The zero-order chi connectivity index (χ0) is 24.3. The summed E-state index contributed by atoms with van der Waals surface area (Å²) in [5.41, 5.74) is -0.446. The molecular formula is C23H25F2N3O4S. The number of nitrogens with one attached hydrogen (secondary N) is 2. The SMILES string of the molecule is CCN(CC)S(=O)(=O)c1ccc2[nH]c(=O)cc(C(=O)NC(C)Cc3c(F)cccc3F)c2c1. The van der Waals surface area contributed by atoms with E-state index in [0.29, 0.717) is 5.52 Å². The fraction of sp³-hybridized carbons (Fsp3) is 0.304. The number of rotatable bonds is 8. The minimum absolute atomic E-state index is 0.0127. The number of benzene rings is 2. The molecule has 2 N–H and O–H groups in total. The molecule has 0 saturated carbocycles. The number of sulfonamides is 1. The van der Waals surface area contributed by atoms with Crippen LogP contribution >= 0.6 is 0 Å². The summed E-state index contributed by atoms with van der Waals surface area (Å²) >= 11 is 0. The maximum atomic E-state index is 14.0. The van der Waals surface area contributed by atoms with Crippen LogP contribution in [-0.4, -0.2) is 42.7 Å². The number of carbonyl (C=O) groups is 1. The molecule has 0 bridgehead atoms. The Morgan fingerprint density at radius 3 is 2.33 bits per heavy atom. The molecule has 1 amide bonds. The maximum Gasteiger partial charge on any atom is 0.252 e. The van der Waals surface area contributed by atoms with Gasteiger partial charge >= 0.3 is 0 Å². The lowest BCUT2D eigenvalue weighted by molar-refractivity contribution is 0.0941. The first-order valence-electron chi connectivity index (χ1n) is 10.5. The molecule has 0 aliphatic rings. The molecule has 1 heterocycles. The summed E-state index contributed by atoms with van der Waals surface area (Å²) in [5.74, 6) is -2.10. The molecule has 176 valence electrons. The Hall–Kier alpha value is -3.11. The monoisotopic (exact) mass is 477 g/mol. The fourth-order valence-corrected chi connectivity index (χ4v) is 5.16. The van der Waals surface area contributed by atoms with Crippen LogP contribution in [0.15, 0.2) is 52.2 Å². The van der Waals surface area contributed by atoms with Gasteiger partial charge in [0.15, 0.2) is 0 Å². The summed E-state index contributed by atoms with van der Waals surface area (Å²) in [4.78, 5) is 27.6. The first kappa shape index (κ1) is 24.5. The largest absolute Gasteiger partial charge is 0.349 e. The molecule has 0 aliphatic carbocycles. The summed E-state index contributed by atoms with van der Waals surface area (Å²) < 4.78 is 55.0. The molecule has 3 rings (SSSR count). The summed E-state index contributed by atoms with van der Waals surface area (Å²) in [6.07, 6.45) is -0.104. The Balaban J connectivity index is 1.97. The van der Waals surface area contributed by atoms with E-state index >= 15 is 0 Å². The quantitative estimate of drug-likeness (QED) is 0.521. The van der Waals surface area contributed by atoms with E-state index in [1.54, 1.807) is 20.8 Å². The van der Waals surface area contributed by atoms with Gasteiger partial charge in [0.2, 0.25) is 15.6 Å². The second kappa shape index (κ2) is 9.80. The molecule has 0 aliphatic heterocycles.